The molecule has 0 radical (unpaired) electrons. The monoisotopic (exact) mass is 912 g/mol. The zero-order valence-corrected chi connectivity index (χ0v) is 38.3. The minimum absolute atomic E-state index is 0.0808. The molecule has 1 saturated heterocycles. The van der Waals surface area contributed by atoms with E-state index in [0.717, 1.165) is 55.9 Å². The van der Waals surface area contributed by atoms with Crippen LogP contribution in [0.5, 0.6) is 0 Å². The molecule has 340 valence electrons. The lowest BCUT2D eigenvalue weighted by Crippen LogP contribution is -2.52. The molecule has 10 aromatic rings. The van der Waals surface area contributed by atoms with Crippen molar-refractivity contribution in [2.75, 3.05) is 13.1 Å². The maximum atomic E-state index is 13.6. The Hall–Kier alpha value is -9.02. The highest BCUT2D eigenvalue weighted by Crippen LogP contribution is 2.46. The molecule has 11 rings (SSSR count). The molecule has 1 fully saturated rings. The summed E-state index contributed by atoms with van der Waals surface area (Å²) in [6, 6.07) is 80.3. The molecule has 0 atom stereocenters. The summed E-state index contributed by atoms with van der Waals surface area (Å²) in [5.41, 5.74) is 10.8. The molecule has 3 heterocycles. The third-order valence-corrected chi connectivity index (χ3v) is 13.5. The molecule has 1 aliphatic heterocycles. The number of hydrogen-bond acceptors (Lipinski definition) is 6. The Morgan fingerprint density at radius 1 is 0.329 bits per heavy atom. The van der Waals surface area contributed by atoms with Crippen molar-refractivity contribution >= 4 is 11.8 Å². The van der Waals surface area contributed by atoms with E-state index in [0.29, 0.717) is 11.4 Å². The molecule has 0 bridgehead atoms. The summed E-state index contributed by atoms with van der Waals surface area (Å²) in [5.74, 6) is -0.362. The largest absolute Gasteiger partial charge is 0.326 e. The Morgan fingerprint density at radius 3 is 0.829 bits per heavy atom. The van der Waals surface area contributed by atoms with Crippen molar-refractivity contribution in [3.8, 4) is 11.4 Å². The maximum absolute atomic E-state index is 13.6. The molecule has 0 N–H and O–H groups in total. The van der Waals surface area contributed by atoms with Crippen LogP contribution in [0.3, 0.4) is 0 Å². The number of carbonyl (C=O) groups is 2. The topological polar surface area (TPSA) is 102 Å². The van der Waals surface area contributed by atoms with Crippen LogP contribution in [0.4, 0.5) is 0 Å². The average molecular weight is 913 g/mol. The molecule has 0 unspecified atom stereocenters. The number of nitrogens with zero attached hydrogens (tertiary/aromatic N) is 8. The van der Waals surface area contributed by atoms with E-state index in [1.165, 1.54) is 9.80 Å². The van der Waals surface area contributed by atoms with Gasteiger partial charge in [0, 0.05) is 0 Å². The SMILES string of the molecule is O=C1CN(Cc2cn(-c3ccc(C(c4ccccc4)(c4ccccc4)c4ccccc4)cc3)nn2)C(=O)CN1Cc1cn(-c2ccc(C(c3ccccc3)(c3ccccc3)c3ccccc3)cc2)nn1. The average Bonchev–Trinajstić information content (AvgIpc) is 4.11. The van der Waals surface area contributed by atoms with Crippen LogP contribution in [-0.4, -0.2) is 64.7 Å². The van der Waals surface area contributed by atoms with E-state index in [-0.39, 0.29) is 38.0 Å². The van der Waals surface area contributed by atoms with Crippen LogP contribution in [-0.2, 0) is 33.5 Å². The lowest BCUT2D eigenvalue weighted by molar-refractivity contribution is -0.151. The summed E-state index contributed by atoms with van der Waals surface area (Å²) in [4.78, 5) is 30.2. The number of carbonyl (C=O) groups excluding carboxylic acids is 2. The van der Waals surface area contributed by atoms with E-state index in [4.69, 9.17) is 0 Å². The Kier molecular flexibility index (Phi) is 11.8. The predicted octanol–water partition coefficient (Wildman–Crippen LogP) is 9.98. The molecule has 2 amide bonds. The molecule has 10 nitrogen and oxygen atoms in total. The summed E-state index contributed by atoms with van der Waals surface area (Å²) in [6.07, 6.45) is 3.63. The van der Waals surface area contributed by atoms with Crippen LogP contribution in [0.2, 0.25) is 0 Å². The number of benzene rings is 8. The second-order valence-corrected chi connectivity index (χ2v) is 17.6. The quantitative estimate of drug-likeness (QED) is 0.101. The summed E-state index contributed by atoms with van der Waals surface area (Å²) in [5, 5.41) is 17.7. The standard InChI is InChI=1S/C60H48N8O2/c69-57-44-66(40-54-42-68(64-62-54)56-37-33-52(34-38-56)60(48-25-13-4-14-26-48,49-27-15-5-16-28-49)50-29-17-6-18-30-50)58(70)43-65(57)39-53-41-67(63-61-53)55-35-31-51(32-36-55)59(45-19-7-1-8-20-45,46-21-9-2-10-22-46)47-23-11-3-12-24-47/h1-38,41-42H,39-40,43-44H2. The molecule has 0 saturated carbocycles. The van der Waals surface area contributed by atoms with Gasteiger partial charge in [-0.2, -0.15) is 0 Å². The van der Waals surface area contributed by atoms with Gasteiger partial charge in [-0.25, -0.2) is 9.36 Å². The first kappa shape index (κ1) is 43.5. The first-order valence-corrected chi connectivity index (χ1v) is 23.4. The normalized spacial score (nSPS) is 13.1. The first-order chi connectivity index (χ1) is 34.5. The van der Waals surface area contributed by atoms with Crippen LogP contribution < -0.4 is 0 Å². The van der Waals surface area contributed by atoms with E-state index in [1.54, 1.807) is 9.36 Å². The van der Waals surface area contributed by atoms with Crippen molar-refractivity contribution in [2.24, 2.45) is 0 Å². The minimum atomic E-state index is -0.572. The van der Waals surface area contributed by atoms with Crippen molar-refractivity contribution < 1.29 is 9.59 Å². The molecule has 0 aliphatic carbocycles. The summed E-state index contributed by atoms with van der Waals surface area (Å²) in [7, 11) is 0. The van der Waals surface area contributed by atoms with Gasteiger partial charge in [-0.05, 0) is 68.8 Å². The molecule has 10 heteroatoms. The molecular weight excluding hydrogens is 865 g/mol. The number of amides is 2. The molecule has 0 spiro atoms. The van der Waals surface area contributed by atoms with Crippen LogP contribution >= 0.6 is 0 Å². The lowest BCUT2D eigenvalue weighted by Gasteiger charge is -2.37. The second kappa shape index (κ2) is 18.9. The lowest BCUT2D eigenvalue weighted by atomic mass is 9.65. The smallest absolute Gasteiger partial charge is 0.243 e. The Morgan fingerprint density at radius 2 is 0.571 bits per heavy atom. The van der Waals surface area contributed by atoms with E-state index in [1.807, 2.05) is 73.1 Å². The number of piperazine rings is 1. The predicted molar refractivity (Wildman–Crippen MR) is 270 cm³/mol. The zero-order chi connectivity index (χ0) is 47.3. The van der Waals surface area contributed by atoms with Gasteiger partial charge in [0.1, 0.15) is 24.5 Å². The first-order valence-electron chi connectivity index (χ1n) is 23.4. The summed E-state index contributed by atoms with van der Waals surface area (Å²) in [6.45, 7) is 0.148. The van der Waals surface area contributed by atoms with Gasteiger partial charge in [-0.3, -0.25) is 9.59 Å². The van der Waals surface area contributed by atoms with Gasteiger partial charge in [-0.15, -0.1) is 10.2 Å². The van der Waals surface area contributed by atoms with E-state index in [2.05, 4.69) is 190 Å². The third kappa shape index (κ3) is 8.05. The van der Waals surface area contributed by atoms with Gasteiger partial charge in [0.15, 0.2) is 0 Å². The fourth-order valence-corrected chi connectivity index (χ4v) is 10.2. The zero-order valence-electron chi connectivity index (χ0n) is 38.3. The van der Waals surface area contributed by atoms with Crippen LogP contribution in [0.1, 0.15) is 55.9 Å². The van der Waals surface area contributed by atoms with Gasteiger partial charge in [0.2, 0.25) is 11.8 Å². The van der Waals surface area contributed by atoms with Gasteiger partial charge in [-0.1, -0.05) is 217 Å². The molecule has 8 aromatic carbocycles. The van der Waals surface area contributed by atoms with Crippen molar-refractivity contribution in [1.29, 1.82) is 0 Å². The second-order valence-electron chi connectivity index (χ2n) is 17.6. The van der Waals surface area contributed by atoms with E-state index < -0.39 is 10.8 Å². The number of hydrogen-bond donors (Lipinski definition) is 0. The van der Waals surface area contributed by atoms with Gasteiger partial charge in [0.05, 0.1) is 47.7 Å². The van der Waals surface area contributed by atoms with E-state index >= 15 is 0 Å². The maximum Gasteiger partial charge on any atom is 0.243 e. The van der Waals surface area contributed by atoms with Crippen LogP contribution in [0.25, 0.3) is 11.4 Å². The summed E-state index contributed by atoms with van der Waals surface area (Å²) < 4.78 is 3.42. The molecule has 1 aliphatic rings. The number of aromatic nitrogens is 6. The fraction of sp³-hybridized carbons (Fsp3) is 0.100. The van der Waals surface area contributed by atoms with Gasteiger partial charge in [0.25, 0.3) is 0 Å². The minimum Gasteiger partial charge on any atom is -0.326 e. The summed E-state index contributed by atoms with van der Waals surface area (Å²) >= 11 is 0. The van der Waals surface area contributed by atoms with E-state index in [9.17, 15) is 9.59 Å². The highest BCUT2D eigenvalue weighted by molar-refractivity contribution is 5.92. The Labute approximate surface area is 406 Å². The highest BCUT2D eigenvalue weighted by Gasteiger charge is 2.40. The fourth-order valence-electron chi connectivity index (χ4n) is 10.2. The van der Waals surface area contributed by atoms with Crippen molar-refractivity contribution in [3.63, 3.8) is 0 Å². The Bertz CT molecular complexity index is 2930. The Balaban J connectivity index is 0.776. The molecule has 2 aromatic heterocycles. The van der Waals surface area contributed by atoms with Crippen molar-refractivity contribution in [2.45, 2.75) is 23.9 Å². The van der Waals surface area contributed by atoms with Gasteiger partial charge < -0.3 is 9.80 Å². The number of rotatable bonds is 14. The van der Waals surface area contributed by atoms with Crippen LogP contribution in [0, 0.1) is 0 Å². The molecular formula is C60H48N8O2. The van der Waals surface area contributed by atoms with Crippen molar-refractivity contribution in [1.82, 2.24) is 39.8 Å². The van der Waals surface area contributed by atoms with Crippen LogP contribution in [0.15, 0.2) is 243 Å². The molecule has 70 heavy (non-hydrogen) atoms. The highest BCUT2D eigenvalue weighted by atomic mass is 16.2. The third-order valence-electron chi connectivity index (χ3n) is 13.5. The van der Waals surface area contributed by atoms with Gasteiger partial charge >= 0.3 is 0 Å². The van der Waals surface area contributed by atoms with Crippen molar-refractivity contribution in [3.05, 3.63) is 299 Å².